The lowest BCUT2D eigenvalue weighted by molar-refractivity contribution is -0.126. The van der Waals surface area contributed by atoms with Gasteiger partial charge in [-0.05, 0) is 49.2 Å². The summed E-state index contributed by atoms with van der Waals surface area (Å²) in [7, 11) is 0. The van der Waals surface area contributed by atoms with Crippen LogP contribution in [0.2, 0.25) is 0 Å². The van der Waals surface area contributed by atoms with Crippen LogP contribution in [0.5, 0.6) is 0 Å². The summed E-state index contributed by atoms with van der Waals surface area (Å²) in [5, 5.41) is 5.92. The second kappa shape index (κ2) is 10.8. The van der Waals surface area contributed by atoms with E-state index in [2.05, 4.69) is 27.7 Å². The average molecular weight is 443 g/mol. The first kappa shape index (κ1) is 21.9. The largest absolute Gasteiger partial charge is 0.467 e. The number of nitrogens with zero attached hydrogens (tertiary/aromatic N) is 2. The van der Waals surface area contributed by atoms with Crippen LogP contribution in [-0.4, -0.2) is 65.3 Å². The van der Waals surface area contributed by atoms with Crippen molar-refractivity contribution in [2.45, 2.75) is 32.0 Å². The molecule has 0 radical (unpaired) electrons. The van der Waals surface area contributed by atoms with Gasteiger partial charge < -0.3 is 15.1 Å². The lowest BCUT2D eigenvalue weighted by atomic mass is 10.2. The third-order valence-corrected chi connectivity index (χ3v) is 6.69. The molecular weight excluding hydrogens is 412 g/mol. The van der Waals surface area contributed by atoms with Crippen molar-refractivity contribution in [1.82, 2.24) is 15.1 Å². The molecule has 0 aliphatic carbocycles. The maximum Gasteiger partial charge on any atom is 0.238 e. The lowest BCUT2D eigenvalue weighted by Crippen LogP contribution is -2.45. The monoisotopic (exact) mass is 442 g/mol. The Labute approximate surface area is 187 Å². The molecule has 2 aliphatic heterocycles. The van der Waals surface area contributed by atoms with Crippen LogP contribution in [0, 0.1) is 0 Å². The number of carbonyl (C=O) groups excluding carboxylic acids is 2. The molecule has 0 bridgehead atoms. The van der Waals surface area contributed by atoms with E-state index >= 15 is 0 Å². The highest BCUT2D eigenvalue weighted by molar-refractivity contribution is 7.99. The van der Waals surface area contributed by atoms with Gasteiger partial charge in [0, 0.05) is 36.8 Å². The molecule has 2 aromatic rings. The van der Waals surface area contributed by atoms with Crippen molar-refractivity contribution in [3.05, 3.63) is 54.0 Å². The van der Waals surface area contributed by atoms with Crippen molar-refractivity contribution in [3.8, 4) is 0 Å². The molecule has 7 nitrogen and oxygen atoms in total. The first-order valence-corrected chi connectivity index (χ1v) is 12.1. The third-order valence-electron chi connectivity index (χ3n) is 5.75. The molecule has 1 aromatic heterocycles. The van der Waals surface area contributed by atoms with Gasteiger partial charge in [0.25, 0.3) is 0 Å². The minimum Gasteiger partial charge on any atom is -0.467 e. The Balaban J connectivity index is 1.27. The first-order chi connectivity index (χ1) is 15.2. The normalized spacial score (nSPS) is 19.9. The fourth-order valence-corrected chi connectivity index (χ4v) is 5.15. The van der Waals surface area contributed by atoms with E-state index in [1.807, 2.05) is 34.9 Å². The van der Waals surface area contributed by atoms with Gasteiger partial charge in [0.05, 0.1) is 25.4 Å². The molecule has 8 heteroatoms. The molecule has 1 atom stereocenters. The van der Waals surface area contributed by atoms with Crippen LogP contribution in [0.25, 0.3) is 0 Å². The van der Waals surface area contributed by atoms with E-state index < -0.39 is 0 Å². The van der Waals surface area contributed by atoms with E-state index in [-0.39, 0.29) is 24.4 Å². The van der Waals surface area contributed by atoms with Crippen LogP contribution in [0.4, 0.5) is 5.69 Å². The summed E-state index contributed by atoms with van der Waals surface area (Å²) >= 11 is 2.00. The molecule has 1 aromatic carbocycles. The number of likely N-dealkylation sites (tertiary alicyclic amines) is 1. The van der Waals surface area contributed by atoms with Crippen LogP contribution in [0.15, 0.2) is 47.1 Å². The third kappa shape index (κ3) is 6.35. The predicted molar refractivity (Wildman–Crippen MR) is 123 cm³/mol. The minimum atomic E-state index is -0.274. The SMILES string of the molecule is O=C(CN1CCCC1C(=O)NCc1ccco1)Nc1cccc(CN2CCSCC2)c1. The molecule has 0 spiro atoms. The maximum absolute atomic E-state index is 12.7. The Hall–Kier alpha value is -2.29. The zero-order valence-corrected chi connectivity index (χ0v) is 18.5. The highest BCUT2D eigenvalue weighted by atomic mass is 32.2. The van der Waals surface area contributed by atoms with Gasteiger partial charge in [-0.25, -0.2) is 0 Å². The quantitative estimate of drug-likeness (QED) is 0.654. The Morgan fingerprint density at radius 3 is 2.81 bits per heavy atom. The summed E-state index contributed by atoms with van der Waals surface area (Å²) < 4.78 is 5.27. The smallest absolute Gasteiger partial charge is 0.238 e. The summed E-state index contributed by atoms with van der Waals surface area (Å²) in [6, 6.07) is 11.4. The molecule has 2 N–H and O–H groups in total. The number of anilines is 1. The van der Waals surface area contributed by atoms with Gasteiger partial charge >= 0.3 is 0 Å². The van der Waals surface area contributed by atoms with Crippen molar-refractivity contribution < 1.29 is 14.0 Å². The minimum absolute atomic E-state index is 0.0524. The van der Waals surface area contributed by atoms with Crippen molar-refractivity contribution >= 4 is 29.3 Å². The highest BCUT2D eigenvalue weighted by Crippen LogP contribution is 2.19. The Bertz CT molecular complexity index is 867. The van der Waals surface area contributed by atoms with Crippen LogP contribution in [0.3, 0.4) is 0 Å². The summed E-state index contributed by atoms with van der Waals surface area (Å²) in [5.41, 5.74) is 2.02. The van der Waals surface area contributed by atoms with Crippen LogP contribution < -0.4 is 10.6 Å². The van der Waals surface area contributed by atoms with E-state index in [4.69, 9.17) is 4.42 Å². The number of nitrogens with one attached hydrogen (secondary N) is 2. The number of furan rings is 1. The molecule has 3 heterocycles. The molecule has 166 valence electrons. The zero-order valence-electron chi connectivity index (χ0n) is 17.7. The molecule has 0 saturated carbocycles. The fourth-order valence-electron chi connectivity index (χ4n) is 4.17. The Morgan fingerprint density at radius 2 is 2.00 bits per heavy atom. The second-order valence-electron chi connectivity index (χ2n) is 8.06. The van der Waals surface area contributed by atoms with Crippen molar-refractivity contribution in [2.24, 2.45) is 0 Å². The maximum atomic E-state index is 12.7. The standard InChI is InChI=1S/C23H30N4O3S/c28-22(25-19-5-1-4-18(14-19)16-26-9-12-31-13-10-26)17-27-8-2-7-21(27)23(29)24-15-20-6-3-11-30-20/h1,3-6,11,14,21H,2,7-10,12-13,15-17H2,(H,24,29)(H,25,28). The van der Waals surface area contributed by atoms with Gasteiger partial charge in [0.2, 0.25) is 11.8 Å². The number of thioether (sulfide) groups is 1. The molecule has 2 fully saturated rings. The van der Waals surface area contributed by atoms with E-state index in [0.29, 0.717) is 6.54 Å². The second-order valence-corrected chi connectivity index (χ2v) is 9.29. The van der Waals surface area contributed by atoms with E-state index in [9.17, 15) is 9.59 Å². The summed E-state index contributed by atoms with van der Waals surface area (Å²) in [5.74, 6) is 2.95. The molecule has 2 saturated heterocycles. The van der Waals surface area contributed by atoms with E-state index in [1.54, 1.807) is 12.3 Å². The number of hydrogen-bond acceptors (Lipinski definition) is 6. The van der Waals surface area contributed by atoms with Crippen LogP contribution in [-0.2, 0) is 22.7 Å². The molecular formula is C23H30N4O3S. The van der Waals surface area contributed by atoms with Crippen LogP contribution >= 0.6 is 11.8 Å². The number of carbonyl (C=O) groups is 2. The average Bonchev–Trinajstić information content (AvgIpc) is 3.45. The highest BCUT2D eigenvalue weighted by Gasteiger charge is 2.31. The lowest BCUT2D eigenvalue weighted by Gasteiger charge is -2.26. The Kier molecular flexibility index (Phi) is 7.66. The van der Waals surface area contributed by atoms with Gasteiger partial charge in [-0.2, -0.15) is 11.8 Å². The van der Waals surface area contributed by atoms with E-state index in [0.717, 1.165) is 50.5 Å². The molecule has 1 unspecified atom stereocenters. The number of benzene rings is 1. The molecule has 4 rings (SSSR count). The topological polar surface area (TPSA) is 77.8 Å². The van der Waals surface area contributed by atoms with Crippen LogP contribution in [0.1, 0.15) is 24.2 Å². The molecule has 31 heavy (non-hydrogen) atoms. The number of hydrogen-bond donors (Lipinski definition) is 2. The predicted octanol–water partition coefficient (Wildman–Crippen LogP) is 2.55. The van der Waals surface area contributed by atoms with Gasteiger partial charge in [-0.1, -0.05) is 12.1 Å². The van der Waals surface area contributed by atoms with Gasteiger partial charge in [-0.3, -0.25) is 19.4 Å². The van der Waals surface area contributed by atoms with Crippen molar-refractivity contribution in [3.63, 3.8) is 0 Å². The molecule has 2 amide bonds. The molecule has 2 aliphatic rings. The zero-order chi connectivity index (χ0) is 21.5. The van der Waals surface area contributed by atoms with Gasteiger partial charge in [0.1, 0.15) is 5.76 Å². The van der Waals surface area contributed by atoms with Gasteiger partial charge in [-0.15, -0.1) is 0 Å². The summed E-state index contributed by atoms with van der Waals surface area (Å²) in [6.07, 6.45) is 3.27. The van der Waals surface area contributed by atoms with E-state index in [1.165, 1.54) is 17.1 Å². The summed E-state index contributed by atoms with van der Waals surface area (Å²) in [4.78, 5) is 29.7. The number of amides is 2. The number of rotatable bonds is 8. The van der Waals surface area contributed by atoms with Crippen molar-refractivity contribution in [1.29, 1.82) is 0 Å². The van der Waals surface area contributed by atoms with Gasteiger partial charge in [0.15, 0.2) is 0 Å². The van der Waals surface area contributed by atoms with Crippen molar-refractivity contribution in [2.75, 3.05) is 43.0 Å². The summed E-state index contributed by atoms with van der Waals surface area (Å²) in [6.45, 7) is 4.46. The first-order valence-electron chi connectivity index (χ1n) is 10.9. The fraction of sp³-hybridized carbons (Fsp3) is 0.478. The Morgan fingerprint density at radius 1 is 1.13 bits per heavy atom.